The summed E-state index contributed by atoms with van der Waals surface area (Å²) in [6, 6.07) is 13.1. The third-order valence-electron chi connectivity index (χ3n) is 4.99. The van der Waals surface area contributed by atoms with Gasteiger partial charge in [0.05, 0.1) is 11.6 Å². The van der Waals surface area contributed by atoms with Crippen molar-refractivity contribution in [1.82, 2.24) is 5.32 Å². The zero-order valence-electron chi connectivity index (χ0n) is 15.6. The van der Waals surface area contributed by atoms with E-state index in [2.05, 4.69) is 21.2 Å². The van der Waals surface area contributed by atoms with E-state index in [1.54, 1.807) is 17.0 Å². The molecule has 29 heavy (non-hydrogen) atoms. The number of hydrogen-bond acceptors (Lipinski definition) is 3. The van der Waals surface area contributed by atoms with E-state index in [0.717, 1.165) is 15.7 Å². The van der Waals surface area contributed by atoms with Gasteiger partial charge in [0.25, 0.3) is 0 Å². The highest BCUT2D eigenvalue weighted by molar-refractivity contribution is 9.10. The fourth-order valence-corrected chi connectivity index (χ4v) is 3.86. The van der Waals surface area contributed by atoms with Crippen LogP contribution in [0.4, 0.5) is 10.1 Å². The fourth-order valence-electron chi connectivity index (χ4n) is 3.36. The Bertz CT molecular complexity index is 920. The molecule has 2 atom stereocenters. The Kier molecular flexibility index (Phi) is 6.64. The Morgan fingerprint density at radius 3 is 2.55 bits per heavy atom. The topological polar surface area (TPSA) is 92.5 Å². The smallest absolute Gasteiger partial charge is 0.239 e. The minimum atomic E-state index is -0.804. The number of primary amides is 1. The standard InChI is InChI=1S/C21H21BrFN3O3/c22-17-3-1-2-4-18(17)26-10-9-16(21(26)29)20(28)25-12-14(19(24)27)11-13-5-7-15(23)8-6-13/h1-8,14,16H,9-12H2,(H2,24,27)(H,25,28). The number of benzene rings is 2. The van der Waals surface area contributed by atoms with Crippen LogP contribution in [0.3, 0.4) is 0 Å². The van der Waals surface area contributed by atoms with E-state index in [1.165, 1.54) is 12.1 Å². The van der Waals surface area contributed by atoms with Crippen molar-refractivity contribution in [3.8, 4) is 0 Å². The van der Waals surface area contributed by atoms with Crippen LogP contribution in [0.5, 0.6) is 0 Å². The van der Waals surface area contributed by atoms with E-state index in [4.69, 9.17) is 5.73 Å². The van der Waals surface area contributed by atoms with Crippen LogP contribution in [0.25, 0.3) is 0 Å². The number of para-hydroxylation sites is 1. The first kappa shape index (κ1) is 21.0. The van der Waals surface area contributed by atoms with Crippen LogP contribution in [0.15, 0.2) is 53.0 Å². The third-order valence-corrected chi connectivity index (χ3v) is 5.66. The second-order valence-corrected chi connectivity index (χ2v) is 7.81. The van der Waals surface area contributed by atoms with Crippen LogP contribution < -0.4 is 16.0 Å². The molecule has 3 N–H and O–H groups in total. The molecule has 152 valence electrons. The summed E-state index contributed by atoms with van der Waals surface area (Å²) >= 11 is 3.42. The van der Waals surface area contributed by atoms with Crippen molar-refractivity contribution in [3.05, 3.63) is 64.4 Å². The number of nitrogens with zero attached hydrogens (tertiary/aromatic N) is 1. The Hall–Kier alpha value is -2.74. The summed E-state index contributed by atoms with van der Waals surface area (Å²) in [7, 11) is 0. The van der Waals surface area contributed by atoms with Crippen molar-refractivity contribution >= 4 is 39.3 Å². The van der Waals surface area contributed by atoms with Gasteiger partial charge >= 0.3 is 0 Å². The number of amides is 3. The van der Waals surface area contributed by atoms with E-state index < -0.39 is 23.7 Å². The SMILES string of the molecule is NC(=O)C(CNC(=O)C1CCN(c2ccccc2Br)C1=O)Cc1ccc(F)cc1. The summed E-state index contributed by atoms with van der Waals surface area (Å²) in [6.45, 7) is 0.457. The van der Waals surface area contributed by atoms with Crippen molar-refractivity contribution in [2.45, 2.75) is 12.8 Å². The number of rotatable bonds is 7. The Morgan fingerprint density at radius 2 is 1.90 bits per heavy atom. The number of carbonyl (C=O) groups is 3. The predicted molar refractivity (Wildman–Crippen MR) is 110 cm³/mol. The molecule has 0 radical (unpaired) electrons. The summed E-state index contributed by atoms with van der Waals surface area (Å²) in [5.41, 5.74) is 6.91. The highest BCUT2D eigenvalue weighted by Gasteiger charge is 2.38. The van der Waals surface area contributed by atoms with E-state index >= 15 is 0 Å². The lowest BCUT2D eigenvalue weighted by Gasteiger charge is -2.19. The van der Waals surface area contributed by atoms with Crippen molar-refractivity contribution in [2.75, 3.05) is 18.0 Å². The van der Waals surface area contributed by atoms with Gasteiger partial charge in [-0.2, -0.15) is 0 Å². The van der Waals surface area contributed by atoms with E-state index in [9.17, 15) is 18.8 Å². The minimum Gasteiger partial charge on any atom is -0.369 e. The molecule has 3 amide bonds. The molecule has 1 heterocycles. The van der Waals surface area contributed by atoms with Crippen LogP contribution in [-0.2, 0) is 20.8 Å². The highest BCUT2D eigenvalue weighted by atomic mass is 79.9. The van der Waals surface area contributed by atoms with E-state index in [-0.39, 0.29) is 24.7 Å². The van der Waals surface area contributed by atoms with Gasteiger partial charge < -0.3 is 16.0 Å². The molecule has 0 saturated carbocycles. The monoisotopic (exact) mass is 461 g/mol. The van der Waals surface area contributed by atoms with Crippen molar-refractivity contribution in [1.29, 1.82) is 0 Å². The largest absolute Gasteiger partial charge is 0.369 e. The van der Waals surface area contributed by atoms with Gasteiger partial charge in [-0.25, -0.2) is 4.39 Å². The van der Waals surface area contributed by atoms with Crippen LogP contribution in [0.2, 0.25) is 0 Å². The first-order valence-corrected chi connectivity index (χ1v) is 10.0. The molecule has 2 aromatic rings. The molecule has 3 rings (SSSR count). The Labute approximate surface area is 176 Å². The third kappa shape index (κ3) is 5.00. The molecule has 1 aliphatic rings. The fraction of sp³-hybridized carbons (Fsp3) is 0.286. The lowest BCUT2D eigenvalue weighted by Crippen LogP contribution is -2.42. The summed E-state index contributed by atoms with van der Waals surface area (Å²) in [4.78, 5) is 38.6. The average Bonchev–Trinajstić information content (AvgIpc) is 3.08. The summed E-state index contributed by atoms with van der Waals surface area (Å²) in [5.74, 6) is -3.09. The number of hydrogen-bond donors (Lipinski definition) is 2. The zero-order chi connectivity index (χ0) is 21.0. The molecule has 2 unspecified atom stereocenters. The molecule has 1 saturated heterocycles. The maximum Gasteiger partial charge on any atom is 0.239 e. The maximum atomic E-state index is 13.0. The number of carbonyl (C=O) groups excluding carboxylic acids is 3. The molecule has 0 aromatic heterocycles. The van der Waals surface area contributed by atoms with Crippen molar-refractivity contribution < 1.29 is 18.8 Å². The molecular weight excluding hydrogens is 441 g/mol. The van der Waals surface area contributed by atoms with E-state index in [1.807, 2.05) is 24.3 Å². The van der Waals surface area contributed by atoms with Crippen molar-refractivity contribution in [3.63, 3.8) is 0 Å². The lowest BCUT2D eigenvalue weighted by molar-refractivity contribution is -0.132. The number of halogens is 2. The number of anilines is 1. The van der Waals surface area contributed by atoms with Gasteiger partial charge in [-0.1, -0.05) is 24.3 Å². The minimum absolute atomic E-state index is 0.0182. The van der Waals surface area contributed by atoms with Gasteiger partial charge in [0, 0.05) is 17.6 Å². The molecule has 0 aliphatic carbocycles. The highest BCUT2D eigenvalue weighted by Crippen LogP contribution is 2.31. The maximum absolute atomic E-state index is 13.0. The van der Waals surface area contributed by atoms with Crippen LogP contribution in [0, 0.1) is 17.7 Å². The van der Waals surface area contributed by atoms with Crippen molar-refractivity contribution in [2.24, 2.45) is 17.6 Å². The first-order chi connectivity index (χ1) is 13.9. The van der Waals surface area contributed by atoms with Gasteiger partial charge in [0.2, 0.25) is 17.7 Å². The Balaban J connectivity index is 1.60. The molecule has 0 spiro atoms. The number of nitrogens with one attached hydrogen (secondary N) is 1. The van der Waals surface area contributed by atoms with Crippen LogP contribution in [0.1, 0.15) is 12.0 Å². The molecule has 6 nitrogen and oxygen atoms in total. The normalized spacial score (nSPS) is 17.2. The molecule has 2 aromatic carbocycles. The van der Waals surface area contributed by atoms with Gasteiger partial charge in [-0.05, 0) is 58.6 Å². The summed E-state index contributed by atoms with van der Waals surface area (Å²) in [5, 5.41) is 2.68. The summed E-state index contributed by atoms with van der Waals surface area (Å²) < 4.78 is 13.8. The molecule has 0 bridgehead atoms. The molecular formula is C21H21BrFN3O3. The molecule has 1 fully saturated rings. The number of nitrogens with two attached hydrogens (primary N) is 1. The summed E-state index contributed by atoms with van der Waals surface area (Å²) in [6.07, 6.45) is 0.669. The van der Waals surface area contributed by atoms with E-state index in [0.29, 0.717) is 13.0 Å². The predicted octanol–water partition coefficient (Wildman–Crippen LogP) is 2.40. The van der Waals surface area contributed by atoms with Gasteiger partial charge in [-0.15, -0.1) is 0 Å². The van der Waals surface area contributed by atoms with Gasteiger partial charge in [0.1, 0.15) is 11.7 Å². The zero-order valence-corrected chi connectivity index (χ0v) is 17.2. The van der Waals surface area contributed by atoms with Crippen LogP contribution >= 0.6 is 15.9 Å². The quantitative estimate of drug-likeness (QED) is 0.620. The molecule has 1 aliphatic heterocycles. The lowest BCUT2D eigenvalue weighted by atomic mass is 9.98. The average molecular weight is 462 g/mol. The van der Waals surface area contributed by atoms with Gasteiger partial charge in [0.15, 0.2) is 0 Å². The van der Waals surface area contributed by atoms with Crippen LogP contribution in [-0.4, -0.2) is 30.8 Å². The second kappa shape index (κ2) is 9.17. The van der Waals surface area contributed by atoms with Gasteiger partial charge in [-0.3, -0.25) is 14.4 Å². The second-order valence-electron chi connectivity index (χ2n) is 6.96. The Morgan fingerprint density at radius 1 is 1.21 bits per heavy atom. The molecule has 8 heteroatoms. The first-order valence-electron chi connectivity index (χ1n) is 9.24.